The number of rotatable bonds is 4. The summed E-state index contributed by atoms with van der Waals surface area (Å²) in [6.07, 6.45) is 6.82. The van der Waals surface area contributed by atoms with Gasteiger partial charge >= 0.3 is 0 Å². The average Bonchev–Trinajstić information content (AvgIpc) is 3.15. The second-order valence-electron chi connectivity index (χ2n) is 7.54. The minimum absolute atomic E-state index is 0.153. The zero-order chi connectivity index (χ0) is 17.6. The minimum Gasteiger partial charge on any atom is -0.370 e. The van der Waals surface area contributed by atoms with Gasteiger partial charge in [0.25, 0.3) is 0 Å². The van der Waals surface area contributed by atoms with Gasteiger partial charge in [-0.1, -0.05) is 31.9 Å². The summed E-state index contributed by atoms with van der Waals surface area (Å²) in [6, 6.07) is 7.94. The van der Waals surface area contributed by atoms with E-state index in [9.17, 15) is 4.79 Å². The van der Waals surface area contributed by atoms with Crippen molar-refractivity contribution >= 4 is 17.6 Å². The third kappa shape index (κ3) is 4.97. The maximum Gasteiger partial charge on any atom is 0.227 e. The van der Waals surface area contributed by atoms with Gasteiger partial charge in [0.05, 0.1) is 6.54 Å². The Balaban J connectivity index is 1.57. The molecule has 0 radical (unpaired) electrons. The quantitative estimate of drug-likeness (QED) is 0.651. The number of guanidine groups is 1. The van der Waals surface area contributed by atoms with E-state index in [-0.39, 0.29) is 11.8 Å². The van der Waals surface area contributed by atoms with Crippen molar-refractivity contribution in [1.82, 2.24) is 4.90 Å². The van der Waals surface area contributed by atoms with E-state index in [0.717, 1.165) is 37.2 Å². The Morgan fingerprint density at radius 3 is 2.84 bits per heavy atom. The van der Waals surface area contributed by atoms with Gasteiger partial charge in [-0.15, -0.1) is 0 Å². The van der Waals surface area contributed by atoms with Crippen molar-refractivity contribution in [3.63, 3.8) is 0 Å². The summed E-state index contributed by atoms with van der Waals surface area (Å²) in [4.78, 5) is 19.0. The molecule has 1 saturated heterocycles. The van der Waals surface area contributed by atoms with Gasteiger partial charge in [-0.05, 0) is 49.3 Å². The number of hydrogen-bond acceptors (Lipinski definition) is 2. The predicted molar refractivity (Wildman–Crippen MR) is 102 cm³/mol. The number of carbonyl (C=O) groups is 1. The molecule has 0 spiro atoms. The summed E-state index contributed by atoms with van der Waals surface area (Å²) >= 11 is 0. The SMILES string of the molecule is CC1CCCN(C(N)=NCc2cccc(NC(=O)C3CCCC3)c2)C1. The van der Waals surface area contributed by atoms with Gasteiger partial charge in [0.15, 0.2) is 5.96 Å². The predicted octanol–water partition coefficient (Wildman–Crippen LogP) is 3.36. The number of hydrogen-bond donors (Lipinski definition) is 2. The molecular formula is C20H30N4O. The Bertz CT molecular complexity index is 622. The van der Waals surface area contributed by atoms with Crippen LogP contribution in [0.15, 0.2) is 29.3 Å². The van der Waals surface area contributed by atoms with Crippen LogP contribution in [0.4, 0.5) is 5.69 Å². The fraction of sp³-hybridized carbons (Fsp3) is 0.600. The second-order valence-corrected chi connectivity index (χ2v) is 7.54. The number of anilines is 1. The molecule has 136 valence electrons. The Labute approximate surface area is 150 Å². The van der Waals surface area contributed by atoms with E-state index < -0.39 is 0 Å². The highest BCUT2D eigenvalue weighted by molar-refractivity contribution is 5.92. The van der Waals surface area contributed by atoms with Crippen LogP contribution in [0.25, 0.3) is 0 Å². The van der Waals surface area contributed by atoms with Crippen molar-refractivity contribution in [1.29, 1.82) is 0 Å². The summed E-state index contributed by atoms with van der Waals surface area (Å²) in [5.74, 6) is 1.64. The topological polar surface area (TPSA) is 70.7 Å². The van der Waals surface area contributed by atoms with Gasteiger partial charge in [-0.2, -0.15) is 0 Å². The molecule has 5 heteroatoms. The second kappa shape index (κ2) is 8.37. The number of piperidine rings is 1. The number of likely N-dealkylation sites (tertiary alicyclic amines) is 1. The van der Waals surface area contributed by atoms with Crippen LogP contribution in [0, 0.1) is 11.8 Å². The summed E-state index contributed by atoms with van der Waals surface area (Å²) < 4.78 is 0. The largest absolute Gasteiger partial charge is 0.370 e. The molecule has 2 fully saturated rings. The number of nitrogens with zero attached hydrogens (tertiary/aromatic N) is 2. The highest BCUT2D eigenvalue weighted by atomic mass is 16.1. The molecule has 0 aromatic heterocycles. The number of nitrogens with one attached hydrogen (secondary N) is 1. The van der Waals surface area contributed by atoms with Crippen LogP contribution in [-0.4, -0.2) is 29.9 Å². The van der Waals surface area contributed by atoms with E-state index in [0.29, 0.717) is 18.4 Å². The molecule has 3 N–H and O–H groups in total. The lowest BCUT2D eigenvalue weighted by Gasteiger charge is -2.31. The van der Waals surface area contributed by atoms with E-state index in [1.54, 1.807) is 0 Å². The molecule has 1 aromatic carbocycles. The van der Waals surface area contributed by atoms with Crippen molar-refractivity contribution in [3.05, 3.63) is 29.8 Å². The maximum atomic E-state index is 12.3. The number of benzene rings is 1. The van der Waals surface area contributed by atoms with Gasteiger partial charge in [0, 0.05) is 24.7 Å². The van der Waals surface area contributed by atoms with E-state index >= 15 is 0 Å². The van der Waals surface area contributed by atoms with Crippen LogP contribution < -0.4 is 11.1 Å². The molecule has 1 aliphatic heterocycles. The molecule has 1 atom stereocenters. The fourth-order valence-corrected chi connectivity index (χ4v) is 3.85. The van der Waals surface area contributed by atoms with Crippen molar-refractivity contribution in [2.24, 2.45) is 22.6 Å². The van der Waals surface area contributed by atoms with Crippen LogP contribution in [0.2, 0.25) is 0 Å². The highest BCUT2D eigenvalue weighted by Gasteiger charge is 2.22. The highest BCUT2D eigenvalue weighted by Crippen LogP contribution is 2.26. The maximum absolute atomic E-state index is 12.3. The van der Waals surface area contributed by atoms with Crippen LogP contribution in [-0.2, 0) is 11.3 Å². The summed E-state index contributed by atoms with van der Waals surface area (Å²) in [6.45, 7) is 4.80. The fourth-order valence-electron chi connectivity index (χ4n) is 3.85. The van der Waals surface area contributed by atoms with Crippen LogP contribution >= 0.6 is 0 Å². The molecule has 1 unspecified atom stereocenters. The number of amides is 1. The van der Waals surface area contributed by atoms with Crippen molar-refractivity contribution < 1.29 is 4.79 Å². The Kier molecular flexibility index (Phi) is 5.95. The van der Waals surface area contributed by atoms with E-state index in [2.05, 4.69) is 22.1 Å². The lowest BCUT2D eigenvalue weighted by molar-refractivity contribution is -0.119. The van der Waals surface area contributed by atoms with Crippen LogP contribution in [0.3, 0.4) is 0 Å². The average molecular weight is 342 g/mol. The third-order valence-electron chi connectivity index (χ3n) is 5.33. The summed E-state index contributed by atoms with van der Waals surface area (Å²) in [5, 5.41) is 3.05. The zero-order valence-corrected chi connectivity index (χ0v) is 15.2. The Morgan fingerprint density at radius 2 is 2.08 bits per heavy atom. The van der Waals surface area contributed by atoms with E-state index in [1.807, 2.05) is 24.3 Å². The van der Waals surface area contributed by atoms with Crippen molar-refractivity contribution in [3.8, 4) is 0 Å². The Morgan fingerprint density at radius 1 is 1.28 bits per heavy atom. The van der Waals surface area contributed by atoms with Crippen molar-refractivity contribution in [2.75, 3.05) is 18.4 Å². The first-order valence-corrected chi connectivity index (χ1v) is 9.56. The van der Waals surface area contributed by atoms with Crippen LogP contribution in [0.5, 0.6) is 0 Å². The van der Waals surface area contributed by atoms with E-state index in [4.69, 9.17) is 5.73 Å². The molecule has 0 bridgehead atoms. The molecular weight excluding hydrogens is 312 g/mol. The van der Waals surface area contributed by atoms with E-state index in [1.165, 1.54) is 25.7 Å². The lowest BCUT2D eigenvalue weighted by atomic mass is 10.0. The first-order chi connectivity index (χ1) is 12.1. The normalized spacial score (nSPS) is 22.2. The molecule has 3 rings (SSSR count). The third-order valence-corrected chi connectivity index (χ3v) is 5.33. The smallest absolute Gasteiger partial charge is 0.227 e. The van der Waals surface area contributed by atoms with Gasteiger partial charge in [-0.25, -0.2) is 4.99 Å². The molecule has 1 saturated carbocycles. The van der Waals surface area contributed by atoms with Gasteiger partial charge in [0.2, 0.25) is 5.91 Å². The van der Waals surface area contributed by atoms with Crippen LogP contribution in [0.1, 0.15) is 51.0 Å². The zero-order valence-electron chi connectivity index (χ0n) is 15.2. The molecule has 2 aliphatic rings. The first kappa shape index (κ1) is 17.8. The first-order valence-electron chi connectivity index (χ1n) is 9.56. The monoisotopic (exact) mass is 342 g/mol. The number of carbonyl (C=O) groups excluding carboxylic acids is 1. The van der Waals surface area contributed by atoms with Gasteiger partial charge < -0.3 is 16.0 Å². The standard InChI is InChI=1S/C20H30N4O/c1-15-6-5-11-24(14-15)20(21)22-13-16-7-4-10-18(12-16)23-19(25)17-8-2-3-9-17/h4,7,10,12,15,17H,2-3,5-6,8-9,11,13-14H2,1H3,(H2,21,22)(H,23,25). The molecule has 1 amide bonds. The number of aliphatic imine (C=N–C) groups is 1. The molecule has 5 nitrogen and oxygen atoms in total. The molecule has 25 heavy (non-hydrogen) atoms. The molecule has 1 aliphatic carbocycles. The van der Waals surface area contributed by atoms with Gasteiger partial charge in [0.1, 0.15) is 0 Å². The van der Waals surface area contributed by atoms with Gasteiger partial charge in [-0.3, -0.25) is 4.79 Å². The minimum atomic E-state index is 0.153. The summed E-state index contributed by atoms with van der Waals surface area (Å²) in [5.41, 5.74) is 8.09. The number of nitrogens with two attached hydrogens (primary N) is 1. The van der Waals surface area contributed by atoms with Crippen molar-refractivity contribution in [2.45, 2.75) is 52.0 Å². The molecule has 1 aromatic rings. The summed E-state index contributed by atoms with van der Waals surface area (Å²) in [7, 11) is 0. The molecule has 1 heterocycles. The Hall–Kier alpha value is -2.04. The lowest BCUT2D eigenvalue weighted by Crippen LogP contribution is -2.43.